The monoisotopic (exact) mass is 317 g/mol. The van der Waals surface area contributed by atoms with E-state index in [1.54, 1.807) is 13.8 Å². The second kappa shape index (κ2) is 6.52. The van der Waals surface area contributed by atoms with Gasteiger partial charge in [0.05, 0.1) is 5.54 Å². The molecule has 0 unspecified atom stereocenters. The van der Waals surface area contributed by atoms with E-state index in [0.29, 0.717) is 0 Å². The lowest BCUT2D eigenvalue weighted by Gasteiger charge is -2.35. The Morgan fingerprint density at radius 3 is 2.04 bits per heavy atom. The second-order valence-corrected chi connectivity index (χ2v) is 8.25. The molecule has 1 amide bonds. The number of nitrogens with two attached hydrogens (primary N) is 1. The number of carbonyl (C=O) groups is 1. The topological polar surface area (TPSA) is 58.4 Å². The van der Waals surface area contributed by atoms with Crippen molar-refractivity contribution in [1.29, 1.82) is 0 Å². The number of hydrogen-bond acceptors (Lipinski definition) is 3. The Morgan fingerprint density at radius 2 is 1.61 bits per heavy atom. The molecule has 0 atom stereocenters. The smallest absolute Gasteiger partial charge is 0.239 e. The summed E-state index contributed by atoms with van der Waals surface area (Å²) in [6.45, 7) is 12.1. The van der Waals surface area contributed by atoms with Gasteiger partial charge >= 0.3 is 0 Å². The van der Waals surface area contributed by atoms with Gasteiger partial charge in [-0.05, 0) is 49.8 Å². The van der Waals surface area contributed by atoms with Crippen molar-refractivity contribution in [2.75, 3.05) is 18.0 Å². The fourth-order valence-corrected chi connectivity index (χ4v) is 2.83. The van der Waals surface area contributed by atoms with Crippen molar-refractivity contribution in [1.82, 2.24) is 5.32 Å². The molecule has 0 saturated carbocycles. The Labute approximate surface area is 140 Å². The summed E-state index contributed by atoms with van der Waals surface area (Å²) in [6.07, 6.45) is 1.92. The zero-order chi connectivity index (χ0) is 17.3. The lowest BCUT2D eigenvalue weighted by atomic mass is 9.87. The first kappa shape index (κ1) is 17.8. The molecule has 1 aliphatic heterocycles. The average molecular weight is 317 g/mol. The van der Waals surface area contributed by atoms with Gasteiger partial charge in [-0.3, -0.25) is 4.79 Å². The maximum Gasteiger partial charge on any atom is 0.239 e. The van der Waals surface area contributed by atoms with E-state index < -0.39 is 5.54 Å². The minimum atomic E-state index is -0.806. The SMILES string of the molecule is CC(C)(N)C(=O)NC1CCN(c2ccc(C(C)(C)C)cc2)CC1. The first-order chi connectivity index (χ1) is 10.6. The van der Waals surface area contributed by atoms with E-state index in [0.717, 1.165) is 25.9 Å². The quantitative estimate of drug-likeness (QED) is 0.901. The number of rotatable bonds is 3. The van der Waals surface area contributed by atoms with Crippen molar-refractivity contribution < 1.29 is 4.79 Å². The van der Waals surface area contributed by atoms with Gasteiger partial charge in [0, 0.05) is 24.8 Å². The molecule has 1 aromatic rings. The van der Waals surface area contributed by atoms with Crippen LogP contribution in [0.15, 0.2) is 24.3 Å². The molecular formula is C19H31N3O. The van der Waals surface area contributed by atoms with Crippen molar-refractivity contribution >= 4 is 11.6 Å². The summed E-state index contributed by atoms with van der Waals surface area (Å²) in [5.74, 6) is -0.0644. The normalized spacial score (nSPS) is 17.2. The van der Waals surface area contributed by atoms with Crippen LogP contribution in [0.4, 0.5) is 5.69 Å². The largest absolute Gasteiger partial charge is 0.371 e. The van der Waals surface area contributed by atoms with E-state index in [4.69, 9.17) is 5.73 Å². The lowest BCUT2D eigenvalue weighted by molar-refractivity contribution is -0.126. The summed E-state index contributed by atoms with van der Waals surface area (Å²) in [5, 5.41) is 3.07. The molecule has 128 valence electrons. The average Bonchev–Trinajstić information content (AvgIpc) is 2.46. The van der Waals surface area contributed by atoms with E-state index in [-0.39, 0.29) is 17.4 Å². The molecule has 1 aliphatic rings. The van der Waals surface area contributed by atoms with Gasteiger partial charge in [-0.2, -0.15) is 0 Å². The highest BCUT2D eigenvalue weighted by Gasteiger charge is 2.27. The maximum absolute atomic E-state index is 12.0. The number of amides is 1. The first-order valence-electron chi connectivity index (χ1n) is 8.53. The number of nitrogens with zero attached hydrogens (tertiary/aromatic N) is 1. The molecule has 0 spiro atoms. The third-order valence-electron chi connectivity index (χ3n) is 4.51. The predicted molar refractivity (Wildman–Crippen MR) is 96.8 cm³/mol. The molecule has 2 rings (SSSR count). The summed E-state index contributed by atoms with van der Waals surface area (Å²) in [7, 11) is 0. The first-order valence-corrected chi connectivity index (χ1v) is 8.53. The van der Waals surface area contributed by atoms with Gasteiger partial charge in [0.15, 0.2) is 0 Å². The van der Waals surface area contributed by atoms with Gasteiger partial charge in [-0.15, -0.1) is 0 Å². The Hall–Kier alpha value is -1.55. The molecule has 4 heteroatoms. The van der Waals surface area contributed by atoms with E-state index in [2.05, 4.69) is 55.3 Å². The molecule has 0 aromatic heterocycles. The minimum absolute atomic E-state index is 0.0644. The summed E-state index contributed by atoms with van der Waals surface area (Å²) >= 11 is 0. The van der Waals surface area contributed by atoms with Crippen LogP contribution in [0.1, 0.15) is 53.0 Å². The molecule has 1 aromatic carbocycles. The van der Waals surface area contributed by atoms with Gasteiger partial charge in [0.2, 0.25) is 5.91 Å². The van der Waals surface area contributed by atoms with Crippen LogP contribution in [-0.4, -0.2) is 30.6 Å². The molecule has 0 radical (unpaired) electrons. The Morgan fingerprint density at radius 1 is 1.09 bits per heavy atom. The fraction of sp³-hybridized carbons (Fsp3) is 0.632. The number of nitrogens with one attached hydrogen (secondary N) is 1. The molecule has 1 heterocycles. The van der Waals surface area contributed by atoms with Crippen LogP contribution in [0.2, 0.25) is 0 Å². The molecule has 1 saturated heterocycles. The van der Waals surface area contributed by atoms with Crippen molar-refractivity contribution in [3.05, 3.63) is 29.8 Å². The standard InChI is InChI=1S/C19H31N3O/c1-18(2,3)14-6-8-16(9-7-14)22-12-10-15(11-13-22)21-17(23)19(4,5)20/h6-9,15H,10-13,20H2,1-5H3,(H,21,23). The molecule has 3 N–H and O–H groups in total. The van der Waals surface area contributed by atoms with Crippen LogP contribution >= 0.6 is 0 Å². The highest BCUT2D eigenvalue weighted by molar-refractivity contribution is 5.85. The van der Waals surface area contributed by atoms with Crippen molar-refractivity contribution in [2.24, 2.45) is 5.73 Å². The highest BCUT2D eigenvalue weighted by Crippen LogP contribution is 2.26. The van der Waals surface area contributed by atoms with Crippen LogP contribution in [-0.2, 0) is 10.2 Å². The summed E-state index contributed by atoms with van der Waals surface area (Å²) in [5.41, 5.74) is 7.84. The number of hydrogen-bond donors (Lipinski definition) is 2. The van der Waals surface area contributed by atoms with Crippen LogP contribution < -0.4 is 16.0 Å². The third-order valence-corrected chi connectivity index (χ3v) is 4.51. The predicted octanol–water partition coefficient (Wildman–Crippen LogP) is 2.81. The summed E-state index contributed by atoms with van der Waals surface area (Å²) in [4.78, 5) is 14.4. The van der Waals surface area contributed by atoms with Gasteiger partial charge < -0.3 is 16.0 Å². The van der Waals surface area contributed by atoms with E-state index in [9.17, 15) is 4.79 Å². The number of piperidine rings is 1. The molecule has 0 bridgehead atoms. The van der Waals surface area contributed by atoms with E-state index in [1.807, 2.05) is 0 Å². The second-order valence-electron chi connectivity index (χ2n) is 8.25. The zero-order valence-electron chi connectivity index (χ0n) is 15.1. The third kappa shape index (κ3) is 4.71. The van der Waals surface area contributed by atoms with Gasteiger partial charge in [0.25, 0.3) is 0 Å². The Kier molecular flexibility index (Phi) is 5.04. The van der Waals surface area contributed by atoms with Gasteiger partial charge in [-0.1, -0.05) is 32.9 Å². The van der Waals surface area contributed by atoms with Crippen LogP contribution in [0.25, 0.3) is 0 Å². The molecule has 0 aliphatic carbocycles. The van der Waals surface area contributed by atoms with E-state index >= 15 is 0 Å². The minimum Gasteiger partial charge on any atom is -0.371 e. The molecular weight excluding hydrogens is 286 g/mol. The Balaban J connectivity index is 1.91. The summed E-state index contributed by atoms with van der Waals surface area (Å²) < 4.78 is 0. The van der Waals surface area contributed by atoms with Gasteiger partial charge in [-0.25, -0.2) is 0 Å². The lowest BCUT2D eigenvalue weighted by Crippen LogP contribution is -2.54. The molecule has 23 heavy (non-hydrogen) atoms. The maximum atomic E-state index is 12.0. The fourth-order valence-electron chi connectivity index (χ4n) is 2.83. The molecule has 1 fully saturated rings. The van der Waals surface area contributed by atoms with Crippen molar-refractivity contribution in [3.8, 4) is 0 Å². The zero-order valence-corrected chi connectivity index (χ0v) is 15.1. The Bertz CT molecular complexity index is 529. The highest BCUT2D eigenvalue weighted by atomic mass is 16.2. The molecule has 4 nitrogen and oxygen atoms in total. The van der Waals surface area contributed by atoms with Crippen LogP contribution in [0.3, 0.4) is 0 Å². The van der Waals surface area contributed by atoms with Gasteiger partial charge in [0.1, 0.15) is 0 Å². The summed E-state index contributed by atoms with van der Waals surface area (Å²) in [6, 6.07) is 9.10. The van der Waals surface area contributed by atoms with Crippen molar-refractivity contribution in [3.63, 3.8) is 0 Å². The number of carbonyl (C=O) groups excluding carboxylic acids is 1. The number of anilines is 1. The van der Waals surface area contributed by atoms with Crippen molar-refractivity contribution in [2.45, 2.75) is 64.5 Å². The van der Waals surface area contributed by atoms with Crippen LogP contribution in [0, 0.1) is 0 Å². The van der Waals surface area contributed by atoms with E-state index in [1.165, 1.54) is 11.3 Å². The van der Waals surface area contributed by atoms with Crippen LogP contribution in [0.5, 0.6) is 0 Å². The number of benzene rings is 1.